The second kappa shape index (κ2) is 10.8. The van der Waals surface area contributed by atoms with Crippen molar-refractivity contribution in [1.82, 2.24) is 10.6 Å². The zero-order chi connectivity index (χ0) is 17.9. The molecule has 0 saturated heterocycles. The van der Waals surface area contributed by atoms with Gasteiger partial charge in [0.1, 0.15) is 11.5 Å². The lowest BCUT2D eigenvalue weighted by molar-refractivity contribution is 0.203. The Labute approximate surface area is 156 Å². The fourth-order valence-electron chi connectivity index (χ4n) is 2.24. The first-order valence-electron chi connectivity index (χ1n) is 8.09. The van der Waals surface area contributed by atoms with E-state index in [4.69, 9.17) is 13.9 Å². The van der Waals surface area contributed by atoms with Crippen molar-refractivity contribution in [3.63, 3.8) is 0 Å². The second-order valence-electron chi connectivity index (χ2n) is 5.30. The molecule has 136 valence electrons. The van der Waals surface area contributed by atoms with Gasteiger partial charge in [-0.15, -0.1) is 0 Å². The molecule has 0 aliphatic carbocycles. The lowest BCUT2D eigenvalue weighted by atomic mass is 10.2. The van der Waals surface area contributed by atoms with Gasteiger partial charge < -0.3 is 24.5 Å². The average Bonchev–Trinajstić information content (AvgIpc) is 3.13. The third-order valence-electron chi connectivity index (χ3n) is 3.49. The Kier molecular flexibility index (Phi) is 8.34. The molecule has 2 rings (SSSR count). The molecule has 0 amide bonds. The van der Waals surface area contributed by atoms with E-state index in [1.54, 1.807) is 20.5 Å². The van der Waals surface area contributed by atoms with Gasteiger partial charge in [0.25, 0.3) is 0 Å². The third kappa shape index (κ3) is 6.80. The third-order valence-corrected chi connectivity index (χ3v) is 3.99. The van der Waals surface area contributed by atoms with Gasteiger partial charge in [-0.3, -0.25) is 0 Å². The van der Waals surface area contributed by atoms with Crippen LogP contribution in [0.2, 0.25) is 0 Å². The molecule has 0 unspecified atom stereocenters. The molecule has 1 heterocycles. The number of furan rings is 1. The number of guanidine groups is 1. The van der Waals surface area contributed by atoms with E-state index in [2.05, 4.69) is 31.6 Å². The highest BCUT2D eigenvalue weighted by Crippen LogP contribution is 2.23. The predicted molar refractivity (Wildman–Crippen MR) is 102 cm³/mol. The Hall–Kier alpha value is -1.99. The largest absolute Gasteiger partial charge is 0.496 e. The summed E-state index contributed by atoms with van der Waals surface area (Å²) in [6.45, 7) is 2.52. The maximum absolute atomic E-state index is 5.40. The SMILES string of the molecule is COCCNC(=NCc1cc(Br)ccc1OC)NCCc1ccco1. The van der Waals surface area contributed by atoms with Crippen LogP contribution in [0.3, 0.4) is 0 Å². The molecule has 1 aromatic heterocycles. The quantitative estimate of drug-likeness (QED) is 0.378. The molecule has 25 heavy (non-hydrogen) atoms. The van der Waals surface area contributed by atoms with Crippen LogP contribution in [0.25, 0.3) is 0 Å². The van der Waals surface area contributed by atoms with E-state index >= 15 is 0 Å². The Morgan fingerprint density at radius 3 is 2.76 bits per heavy atom. The predicted octanol–water partition coefficient (Wildman–Crippen LogP) is 2.98. The van der Waals surface area contributed by atoms with Crippen molar-refractivity contribution in [1.29, 1.82) is 0 Å². The van der Waals surface area contributed by atoms with Gasteiger partial charge in [-0.05, 0) is 30.3 Å². The summed E-state index contributed by atoms with van der Waals surface area (Å²) in [6.07, 6.45) is 2.47. The smallest absolute Gasteiger partial charge is 0.191 e. The normalized spacial score (nSPS) is 11.4. The van der Waals surface area contributed by atoms with Crippen molar-refractivity contribution in [3.05, 3.63) is 52.4 Å². The molecule has 2 N–H and O–H groups in total. The Bertz CT molecular complexity index is 660. The van der Waals surface area contributed by atoms with Crippen molar-refractivity contribution in [3.8, 4) is 5.75 Å². The Balaban J connectivity index is 1.97. The highest BCUT2D eigenvalue weighted by Gasteiger charge is 2.05. The number of benzene rings is 1. The van der Waals surface area contributed by atoms with Gasteiger partial charge in [-0.2, -0.15) is 0 Å². The number of nitrogens with zero attached hydrogens (tertiary/aromatic N) is 1. The van der Waals surface area contributed by atoms with E-state index in [-0.39, 0.29) is 0 Å². The van der Waals surface area contributed by atoms with Crippen molar-refractivity contribution in [2.24, 2.45) is 4.99 Å². The first-order valence-corrected chi connectivity index (χ1v) is 8.88. The molecular weight excluding hydrogens is 386 g/mol. The maximum Gasteiger partial charge on any atom is 0.191 e. The molecule has 0 aliphatic heterocycles. The number of nitrogens with one attached hydrogen (secondary N) is 2. The maximum atomic E-state index is 5.40. The molecule has 0 aliphatic rings. The fourth-order valence-corrected chi connectivity index (χ4v) is 2.65. The summed E-state index contributed by atoms with van der Waals surface area (Å²) < 4.78 is 16.8. The summed E-state index contributed by atoms with van der Waals surface area (Å²) in [5, 5.41) is 6.56. The molecule has 0 atom stereocenters. The van der Waals surface area contributed by atoms with Crippen LogP contribution < -0.4 is 15.4 Å². The van der Waals surface area contributed by atoms with Crippen molar-refractivity contribution in [2.45, 2.75) is 13.0 Å². The van der Waals surface area contributed by atoms with E-state index in [0.29, 0.717) is 19.7 Å². The van der Waals surface area contributed by atoms with Gasteiger partial charge in [-0.25, -0.2) is 4.99 Å². The Morgan fingerprint density at radius 2 is 2.04 bits per heavy atom. The molecule has 0 bridgehead atoms. The van der Waals surface area contributed by atoms with Crippen molar-refractivity contribution in [2.75, 3.05) is 33.9 Å². The highest BCUT2D eigenvalue weighted by atomic mass is 79.9. The van der Waals surface area contributed by atoms with Crippen molar-refractivity contribution >= 4 is 21.9 Å². The van der Waals surface area contributed by atoms with Gasteiger partial charge in [0, 0.05) is 36.7 Å². The summed E-state index contributed by atoms with van der Waals surface area (Å²) in [7, 11) is 3.34. The molecule has 1 aromatic carbocycles. The number of rotatable bonds is 9. The zero-order valence-electron chi connectivity index (χ0n) is 14.5. The molecular formula is C18H24BrN3O3. The first-order chi connectivity index (χ1) is 12.2. The fraction of sp³-hybridized carbons (Fsp3) is 0.389. The van der Waals surface area contributed by atoms with Crippen LogP contribution in [-0.4, -0.2) is 39.9 Å². The summed E-state index contributed by atoms with van der Waals surface area (Å²) in [4.78, 5) is 4.64. The molecule has 0 spiro atoms. The van der Waals surface area contributed by atoms with E-state index < -0.39 is 0 Å². The van der Waals surface area contributed by atoms with Gasteiger partial charge >= 0.3 is 0 Å². The Morgan fingerprint density at radius 1 is 1.20 bits per heavy atom. The lowest BCUT2D eigenvalue weighted by Crippen LogP contribution is -2.40. The molecule has 6 nitrogen and oxygen atoms in total. The number of aliphatic imine (C=N–C) groups is 1. The van der Waals surface area contributed by atoms with Crippen LogP contribution in [0.1, 0.15) is 11.3 Å². The topological polar surface area (TPSA) is 68.0 Å². The summed E-state index contributed by atoms with van der Waals surface area (Å²) in [5.74, 6) is 2.49. The van der Waals surface area contributed by atoms with Gasteiger partial charge in [-0.1, -0.05) is 15.9 Å². The van der Waals surface area contributed by atoms with Crippen LogP contribution in [-0.2, 0) is 17.7 Å². The van der Waals surface area contributed by atoms with Crippen LogP contribution in [0, 0.1) is 0 Å². The molecule has 7 heteroatoms. The molecule has 2 aromatic rings. The number of halogens is 1. The van der Waals surface area contributed by atoms with Gasteiger partial charge in [0.05, 0.1) is 26.5 Å². The minimum atomic E-state index is 0.506. The van der Waals surface area contributed by atoms with E-state index in [1.165, 1.54) is 0 Å². The van der Waals surface area contributed by atoms with E-state index in [0.717, 1.165) is 40.5 Å². The van der Waals surface area contributed by atoms with Crippen LogP contribution in [0.4, 0.5) is 0 Å². The van der Waals surface area contributed by atoms with Crippen LogP contribution >= 0.6 is 15.9 Å². The monoisotopic (exact) mass is 409 g/mol. The number of ether oxygens (including phenoxy) is 2. The second-order valence-corrected chi connectivity index (χ2v) is 6.21. The molecule has 0 fully saturated rings. The average molecular weight is 410 g/mol. The number of methoxy groups -OCH3 is 2. The zero-order valence-corrected chi connectivity index (χ0v) is 16.1. The first kappa shape index (κ1) is 19.3. The van der Waals surface area contributed by atoms with Crippen molar-refractivity contribution < 1.29 is 13.9 Å². The van der Waals surface area contributed by atoms with Gasteiger partial charge in [0.15, 0.2) is 5.96 Å². The van der Waals surface area contributed by atoms with Crippen LogP contribution in [0.15, 0.2) is 50.5 Å². The molecule has 0 radical (unpaired) electrons. The molecule has 0 saturated carbocycles. The summed E-state index contributed by atoms with van der Waals surface area (Å²) >= 11 is 3.49. The number of hydrogen-bond acceptors (Lipinski definition) is 4. The van der Waals surface area contributed by atoms with Gasteiger partial charge in [0.2, 0.25) is 0 Å². The van der Waals surface area contributed by atoms with E-state index in [1.807, 2.05) is 30.3 Å². The number of hydrogen-bond donors (Lipinski definition) is 2. The highest BCUT2D eigenvalue weighted by molar-refractivity contribution is 9.10. The lowest BCUT2D eigenvalue weighted by Gasteiger charge is -2.13. The summed E-state index contributed by atoms with van der Waals surface area (Å²) in [6, 6.07) is 9.74. The minimum Gasteiger partial charge on any atom is -0.496 e. The van der Waals surface area contributed by atoms with E-state index in [9.17, 15) is 0 Å². The summed E-state index contributed by atoms with van der Waals surface area (Å²) in [5.41, 5.74) is 1.01. The van der Waals surface area contributed by atoms with Crippen LogP contribution in [0.5, 0.6) is 5.75 Å². The standard InChI is InChI=1S/C18H24BrN3O3/c1-23-11-9-21-18(20-8-7-16-4-3-10-25-16)22-13-14-12-15(19)5-6-17(14)24-2/h3-6,10,12H,7-9,11,13H2,1-2H3,(H2,20,21,22). The minimum absolute atomic E-state index is 0.506.